The number of anilines is 9. The van der Waals surface area contributed by atoms with Crippen molar-refractivity contribution in [3.63, 3.8) is 0 Å². The fraction of sp³-hybridized carbons (Fsp3) is 0.0133. The van der Waals surface area contributed by atoms with E-state index < -0.39 is 0 Å². The summed E-state index contributed by atoms with van der Waals surface area (Å²) in [4.78, 5) is 7.55. The summed E-state index contributed by atoms with van der Waals surface area (Å²) in [6, 6.07) is 100. The zero-order valence-corrected chi connectivity index (χ0v) is 44.8. The minimum Gasteiger partial charge on any atom is -0.375 e. The van der Waals surface area contributed by atoms with E-state index in [-0.39, 0.29) is 13.7 Å². The standard InChI is InChI=1S/C75H47B2N5/c1-46-38-58-70-68-56-40-47-22-14-16-24-49(47)42-64(56)82-75(68)71(69-57-41-48-23-15-17-25-50(48)43-65(57)81(74(69)70)76-60-34-18-20-36-62(60)79(66(39-46)72(58)76)53-30-10-4-11-31-53)59-44-55(78(51-26-6-2-7-27-51)52-28-8-3-9-29-52)45-67-73(59)77(82)61-35-19-21-37-63(61)80(67)54-32-12-5-13-33-54/h2-45H,1H3. The molecule has 2 aromatic heterocycles. The third-order valence-electron chi connectivity index (χ3n) is 18.5. The molecule has 0 N–H and O–H groups in total. The highest BCUT2D eigenvalue weighted by molar-refractivity contribution is 6.92. The summed E-state index contributed by atoms with van der Waals surface area (Å²) in [7, 11) is 0. The van der Waals surface area contributed by atoms with Crippen molar-refractivity contribution in [2.24, 2.45) is 0 Å². The summed E-state index contributed by atoms with van der Waals surface area (Å²) in [5, 5.41) is 10.1. The molecule has 0 saturated carbocycles. The van der Waals surface area contributed by atoms with Crippen LogP contribution < -0.4 is 36.6 Å². The van der Waals surface area contributed by atoms with Gasteiger partial charge in [0.25, 0.3) is 0 Å². The van der Waals surface area contributed by atoms with E-state index in [1.54, 1.807) is 0 Å². The molecule has 4 aliphatic rings. The molecule has 0 bridgehead atoms. The Morgan fingerprint density at radius 1 is 0.329 bits per heavy atom. The molecule has 0 amide bonds. The van der Waals surface area contributed by atoms with Gasteiger partial charge in [0.2, 0.25) is 0 Å². The number of rotatable bonds is 5. The average molecular weight is 1040 g/mol. The van der Waals surface area contributed by atoms with Crippen molar-refractivity contribution in [2.75, 3.05) is 14.7 Å². The Kier molecular flexibility index (Phi) is 8.83. The normalized spacial score (nSPS) is 13.3. The Bertz CT molecular complexity index is 5210. The first kappa shape index (κ1) is 44.4. The van der Waals surface area contributed by atoms with Crippen LogP contribution in [0.4, 0.5) is 51.2 Å². The van der Waals surface area contributed by atoms with Gasteiger partial charge in [-0.05, 0) is 170 Å². The molecule has 5 nitrogen and oxygen atoms in total. The first-order valence-corrected chi connectivity index (χ1v) is 28.6. The molecule has 7 heteroatoms. The van der Waals surface area contributed by atoms with Gasteiger partial charge < -0.3 is 23.7 Å². The Morgan fingerprint density at radius 2 is 0.720 bits per heavy atom. The van der Waals surface area contributed by atoms with Crippen LogP contribution in [0.1, 0.15) is 5.56 Å². The summed E-state index contributed by atoms with van der Waals surface area (Å²) in [6.07, 6.45) is 0. The van der Waals surface area contributed by atoms with E-state index in [0.29, 0.717) is 0 Å². The molecule has 19 rings (SSSR count). The Balaban J connectivity index is 1.08. The first-order valence-electron chi connectivity index (χ1n) is 28.6. The van der Waals surface area contributed by atoms with Crippen molar-refractivity contribution in [1.82, 2.24) is 8.96 Å². The van der Waals surface area contributed by atoms with Gasteiger partial charge in [-0.1, -0.05) is 164 Å². The Hall–Kier alpha value is -10.5. The summed E-state index contributed by atoms with van der Waals surface area (Å²) in [5.41, 5.74) is 27.0. The summed E-state index contributed by atoms with van der Waals surface area (Å²) < 4.78 is 5.59. The molecule has 0 aliphatic carbocycles. The molecule has 6 heterocycles. The van der Waals surface area contributed by atoms with Crippen LogP contribution in [0.3, 0.4) is 0 Å². The van der Waals surface area contributed by atoms with Gasteiger partial charge in [-0.25, -0.2) is 0 Å². The Labute approximate surface area is 474 Å². The lowest BCUT2D eigenvalue weighted by Gasteiger charge is -2.42. The second-order valence-electron chi connectivity index (χ2n) is 22.8. The first-order chi connectivity index (χ1) is 40.6. The van der Waals surface area contributed by atoms with Gasteiger partial charge >= 0.3 is 13.7 Å². The van der Waals surface area contributed by atoms with Crippen molar-refractivity contribution in [3.05, 3.63) is 272 Å². The monoisotopic (exact) mass is 1040 g/mol. The molecule has 0 saturated heterocycles. The van der Waals surface area contributed by atoms with Crippen molar-refractivity contribution in [3.8, 4) is 22.3 Å². The molecule has 15 aromatic rings. The predicted molar refractivity (Wildman–Crippen MR) is 348 cm³/mol. The number of nitrogens with zero attached hydrogens (tertiary/aromatic N) is 5. The summed E-state index contributed by atoms with van der Waals surface area (Å²) in [5.74, 6) is 0. The van der Waals surface area contributed by atoms with Crippen LogP contribution in [0.2, 0.25) is 0 Å². The molecule has 0 fully saturated rings. The molecule has 13 aromatic carbocycles. The van der Waals surface area contributed by atoms with Gasteiger partial charge in [0.1, 0.15) is 0 Å². The highest BCUT2D eigenvalue weighted by atomic mass is 15.2. The molecule has 4 aliphatic heterocycles. The van der Waals surface area contributed by atoms with Gasteiger partial charge in [-0.3, -0.25) is 0 Å². The molecule has 0 radical (unpaired) electrons. The van der Waals surface area contributed by atoms with E-state index in [9.17, 15) is 0 Å². The van der Waals surface area contributed by atoms with Gasteiger partial charge in [-0.15, -0.1) is 0 Å². The van der Waals surface area contributed by atoms with Crippen LogP contribution in [-0.4, -0.2) is 22.7 Å². The number of aryl methyl sites for hydroxylation is 1. The van der Waals surface area contributed by atoms with Crippen LogP contribution in [0, 0.1) is 6.92 Å². The van der Waals surface area contributed by atoms with Crippen LogP contribution >= 0.6 is 0 Å². The third kappa shape index (κ3) is 5.78. The van der Waals surface area contributed by atoms with E-state index in [1.165, 1.54) is 138 Å². The molecule has 0 spiro atoms. The zero-order chi connectivity index (χ0) is 53.5. The van der Waals surface area contributed by atoms with Crippen molar-refractivity contribution in [1.29, 1.82) is 0 Å². The van der Waals surface area contributed by atoms with E-state index in [4.69, 9.17) is 0 Å². The third-order valence-corrected chi connectivity index (χ3v) is 18.5. The highest BCUT2D eigenvalue weighted by Gasteiger charge is 2.48. The highest BCUT2D eigenvalue weighted by Crippen LogP contribution is 2.57. The maximum atomic E-state index is 2.80. The minimum absolute atomic E-state index is 0.127. The lowest BCUT2D eigenvalue weighted by Crippen LogP contribution is -2.57. The van der Waals surface area contributed by atoms with Gasteiger partial charge in [0, 0.05) is 106 Å². The van der Waals surface area contributed by atoms with Crippen LogP contribution in [-0.2, 0) is 0 Å². The second kappa shape index (κ2) is 16.3. The summed E-state index contributed by atoms with van der Waals surface area (Å²) >= 11 is 0. The number of hydrogen-bond donors (Lipinski definition) is 0. The lowest BCUT2D eigenvalue weighted by molar-refractivity contribution is 1.23. The number of benzene rings is 13. The number of aromatic nitrogens is 2. The molecule has 0 atom stereocenters. The van der Waals surface area contributed by atoms with Crippen molar-refractivity contribution >= 4 is 152 Å². The predicted octanol–water partition coefficient (Wildman–Crippen LogP) is 16.8. The summed E-state index contributed by atoms with van der Waals surface area (Å²) in [6.45, 7) is 2.00. The average Bonchev–Trinajstić information content (AvgIpc) is 1.68. The number of hydrogen-bond acceptors (Lipinski definition) is 3. The van der Waals surface area contributed by atoms with Crippen LogP contribution in [0.5, 0.6) is 0 Å². The Morgan fingerprint density at radius 3 is 1.20 bits per heavy atom. The van der Waals surface area contributed by atoms with Gasteiger partial charge in [0.15, 0.2) is 0 Å². The molecular weight excluding hydrogens is 992 g/mol. The molecule has 0 unspecified atom stereocenters. The topological polar surface area (TPSA) is 19.6 Å². The smallest absolute Gasteiger partial charge is 0.333 e. The van der Waals surface area contributed by atoms with Crippen LogP contribution in [0.25, 0.3) is 87.4 Å². The zero-order valence-electron chi connectivity index (χ0n) is 44.8. The van der Waals surface area contributed by atoms with Crippen molar-refractivity contribution in [2.45, 2.75) is 6.92 Å². The molecule has 82 heavy (non-hydrogen) atoms. The minimum atomic E-state index is -0.173. The maximum Gasteiger partial charge on any atom is 0.333 e. The molecule has 378 valence electrons. The van der Waals surface area contributed by atoms with E-state index >= 15 is 0 Å². The van der Waals surface area contributed by atoms with E-state index in [0.717, 1.165) is 28.4 Å². The van der Waals surface area contributed by atoms with E-state index in [1.807, 2.05) is 0 Å². The largest absolute Gasteiger partial charge is 0.375 e. The van der Waals surface area contributed by atoms with Crippen LogP contribution in [0.15, 0.2) is 267 Å². The number of para-hydroxylation sites is 6. The van der Waals surface area contributed by atoms with Crippen molar-refractivity contribution < 1.29 is 0 Å². The fourth-order valence-electron chi connectivity index (χ4n) is 15.4. The van der Waals surface area contributed by atoms with E-state index in [2.05, 4.69) is 297 Å². The van der Waals surface area contributed by atoms with Gasteiger partial charge in [-0.2, -0.15) is 0 Å². The lowest BCUT2D eigenvalue weighted by atomic mass is 9.44. The number of fused-ring (bicyclic) bond motifs is 18. The molecular formula is C75H47B2N5. The van der Waals surface area contributed by atoms with Gasteiger partial charge in [0.05, 0.1) is 0 Å². The maximum absolute atomic E-state index is 2.80. The quantitative estimate of drug-likeness (QED) is 0.160. The SMILES string of the molecule is Cc1cc2c3c(c1)N(c1ccccc1)c1ccccc1B3n1c3cc4ccccc4cc3c3c4c5c(c-2c31)c1cc2ccccc2cc1n5B1c2ccccc2N(c2ccccc2)c2cc(N(c3ccccc3)c3ccccc3)cc-4c21. The fourth-order valence-corrected chi connectivity index (χ4v) is 15.4. The second-order valence-corrected chi connectivity index (χ2v) is 22.8.